The number of methoxy groups -OCH3 is 1. The molecule has 2 amide bonds. The van der Waals surface area contributed by atoms with E-state index in [1.807, 2.05) is 6.92 Å². The van der Waals surface area contributed by atoms with Gasteiger partial charge in [-0.2, -0.15) is 0 Å². The normalized spacial score (nSPS) is 29.5. The van der Waals surface area contributed by atoms with Crippen LogP contribution < -0.4 is 0 Å². The van der Waals surface area contributed by atoms with E-state index in [1.54, 1.807) is 14.0 Å². The number of hydrogen-bond donors (Lipinski definition) is 0. The van der Waals surface area contributed by atoms with E-state index in [0.717, 1.165) is 37.2 Å². The Kier molecular flexibility index (Phi) is 11.6. The van der Waals surface area contributed by atoms with Gasteiger partial charge in [-0.1, -0.05) is 26.7 Å². The Bertz CT molecular complexity index is 781. The number of imide groups is 1. The number of amides is 2. The van der Waals surface area contributed by atoms with Gasteiger partial charge in [0.15, 0.2) is 12.6 Å². The number of rotatable bonds is 16. The van der Waals surface area contributed by atoms with Gasteiger partial charge in [0.2, 0.25) is 0 Å². The standard InChI is InChI=1S/C29H47NO7/c1-6-23(18-36-20(3)34-5)25-14-19(2)24-15-22(16-26(24)25)17-35-21(4)37-29(33)10-8-7-9-13-30-27(31)11-12-28(30)32/h11-12,19-26H,6-10,13-18H2,1-5H3. The molecule has 3 rings (SSSR count). The second kappa shape index (κ2) is 14.4. The maximum atomic E-state index is 12.2. The van der Waals surface area contributed by atoms with E-state index in [-0.39, 0.29) is 24.1 Å². The molecule has 8 unspecified atom stereocenters. The Hall–Kier alpha value is -1.77. The lowest BCUT2D eigenvalue weighted by Crippen LogP contribution is -2.30. The maximum Gasteiger partial charge on any atom is 0.308 e. The van der Waals surface area contributed by atoms with Gasteiger partial charge >= 0.3 is 5.97 Å². The summed E-state index contributed by atoms with van der Waals surface area (Å²) in [7, 11) is 1.68. The average molecular weight is 522 g/mol. The predicted octanol–water partition coefficient (Wildman–Crippen LogP) is 4.71. The zero-order chi connectivity index (χ0) is 26.9. The van der Waals surface area contributed by atoms with Gasteiger partial charge in [-0.25, -0.2) is 0 Å². The topological polar surface area (TPSA) is 91.4 Å². The zero-order valence-corrected chi connectivity index (χ0v) is 23.4. The molecule has 2 saturated carbocycles. The summed E-state index contributed by atoms with van der Waals surface area (Å²) in [4.78, 5) is 36.5. The van der Waals surface area contributed by atoms with Gasteiger partial charge in [0, 0.05) is 32.2 Å². The number of carbonyl (C=O) groups excluding carboxylic acids is 3. The van der Waals surface area contributed by atoms with Crippen molar-refractivity contribution < 1.29 is 33.3 Å². The molecule has 0 aromatic rings. The number of unbranched alkanes of at least 4 members (excludes halogenated alkanes) is 2. The summed E-state index contributed by atoms with van der Waals surface area (Å²) in [6.07, 6.45) is 9.02. The Morgan fingerprint density at radius 2 is 1.70 bits per heavy atom. The molecule has 8 nitrogen and oxygen atoms in total. The van der Waals surface area contributed by atoms with E-state index in [4.69, 9.17) is 18.9 Å². The third kappa shape index (κ3) is 8.36. The van der Waals surface area contributed by atoms with Crippen LogP contribution in [0.15, 0.2) is 12.2 Å². The van der Waals surface area contributed by atoms with Gasteiger partial charge in [0.1, 0.15) is 0 Å². The van der Waals surface area contributed by atoms with Crippen molar-refractivity contribution in [2.45, 2.75) is 91.6 Å². The van der Waals surface area contributed by atoms with E-state index >= 15 is 0 Å². The molecule has 210 valence electrons. The number of esters is 1. The fourth-order valence-corrected chi connectivity index (χ4v) is 6.61. The summed E-state index contributed by atoms with van der Waals surface area (Å²) in [5, 5.41) is 0. The van der Waals surface area contributed by atoms with Crippen LogP contribution in [0.5, 0.6) is 0 Å². The van der Waals surface area contributed by atoms with E-state index in [1.165, 1.54) is 36.3 Å². The molecule has 0 saturated heterocycles. The summed E-state index contributed by atoms with van der Waals surface area (Å²) >= 11 is 0. The highest BCUT2D eigenvalue weighted by Crippen LogP contribution is 2.55. The van der Waals surface area contributed by atoms with Crippen molar-refractivity contribution in [2.75, 3.05) is 26.9 Å². The minimum atomic E-state index is -0.556. The maximum absolute atomic E-state index is 12.2. The van der Waals surface area contributed by atoms with E-state index < -0.39 is 6.29 Å². The number of nitrogens with zero attached hydrogens (tertiary/aromatic N) is 1. The Morgan fingerprint density at radius 3 is 2.38 bits per heavy atom. The first-order valence-corrected chi connectivity index (χ1v) is 14.2. The van der Waals surface area contributed by atoms with Crippen molar-refractivity contribution >= 4 is 17.8 Å². The fraction of sp³-hybridized carbons (Fsp3) is 0.828. The van der Waals surface area contributed by atoms with Crippen LogP contribution in [0.1, 0.15) is 79.1 Å². The van der Waals surface area contributed by atoms with Crippen LogP contribution in [-0.2, 0) is 33.3 Å². The first-order chi connectivity index (χ1) is 17.7. The van der Waals surface area contributed by atoms with Gasteiger partial charge in [-0.3, -0.25) is 19.3 Å². The van der Waals surface area contributed by atoms with Crippen molar-refractivity contribution in [1.82, 2.24) is 4.90 Å². The van der Waals surface area contributed by atoms with E-state index in [2.05, 4.69) is 13.8 Å². The zero-order valence-electron chi connectivity index (χ0n) is 23.4. The summed E-state index contributed by atoms with van der Waals surface area (Å²) in [5.41, 5.74) is 0. The molecule has 0 aromatic heterocycles. The molecule has 2 aliphatic carbocycles. The molecule has 2 fully saturated rings. The highest BCUT2D eigenvalue weighted by atomic mass is 16.7. The summed E-state index contributed by atoms with van der Waals surface area (Å²) < 4.78 is 22.6. The van der Waals surface area contributed by atoms with Crippen LogP contribution in [0.25, 0.3) is 0 Å². The summed E-state index contributed by atoms with van der Waals surface area (Å²) in [6, 6.07) is 0. The smallest absolute Gasteiger partial charge is 0.308 e. The Morgan fingerprint density at radius 1 is 1.00 bits per heavy atom. The number of ether oxygens (including phenoxy) is 4. The summed E-state index contributed by atoms with van der Waals surface area (Å²) in [6.45, 7) is 10.2. The van der Waals surface area contributed by atoms with E-state index in [9.17, 15) is 14.4 Å². The molecule has 0 spiro atoms. The van der Waals surface area contributed by atoms with Crippen LogP contribution in [0, 0.1) is 35.5 Å². The molecule has 0 aromatic carbocycles. The Balaban J connectivity index is 1.32. The second-order valence-electron chi connectivity index (χ2n) is 11.2. The highest BCUT2D eigenvalue weighted by molar-refractivity contribution is 6.12. The van der Waals surface area contributed by atoms with Crippen LogP contribution >= 0.6 is 0 Å². The minimum absolute atomic E-state index is 0.165. The van der Waals surface area contributed by atoms with E-state index in [0.29, 0.717) is 50.2 Å². The molecular weight excluding hydrogens is 474 g/mol. The lowest BCUT2D eigenvalue weighted by atomic mass is 9.80. The molecule has 8 atom stereocenters. The van der Waals surface area contributed by atoms with Gasteiger partial charge in [0.05, 0.1) is 13.2 Å². The first kappa shape index (κ1) is 29.8. The van der Waals surface area contributed by atoms with Crippen molar-refractivity contribution in [3.05, 3.63) is 12.2 Å². The largest absolute Gasteiger partial charge is 0.436 e. The monoisotopic (exact) mass is 521 g/mol. The predicted molar refractivity (Wildman–Crippen MR) is 139 cm³/mol. The average Bonchev–Trinajstić information content (AvgIpc) is 3.53. The SMILES string of the molecule is CCC(COC(C)OC)C1CC(C)C2CC(COC(C)OC(=O)CCCCCN3C(=O)C=CC3=O)CC21. The molecular formula is C29H47NO7. The second-order valence-corrected chi connectivity index (χ2v) is 11.2. The van der Waals surface area contributed by atoms with Crippen LogP contribution in [0.3, 0.4) is 0 Å². The number of fused-ring (bicyclic) bond motifs is 1. The van der Waals surface area contributed by atoms with Gasteiger partial charge in [0.25, 0.3) is 11.8 Å². The van der Waals surface area contributed by atoms with Crippen molar-refractivity contribution in [1.29, 1.82) is 0 Å². The lowest BCUT2D eigenvalue weighted by Gasteiger charge is -2.29. The number of carbonyl (C=O) groups is 3. The van der Waals surface area contributed by atoms with Crippen molar-refractivity contribution in [3.63, 3.8) is 0 Å². The summed E-state index contributed by atoms with van der Waals surface area (Å²) in [5.74, 6) is 3.14. The molecule has 8 heteroatoms. The fourth-order valence-electron chi connectivity index (χ4n) is 6.61. The molecule has 1 heterocycles. The molecule has 0 N–H and O–H groups in total. The minimum Gasteiger partial charge on any atom is -0.436 e. The van der Waals surface area contributed by atoms with Crippen LogP contribution in [0.2, 0.25) is 0 Å². The molecule has 3 aliphatic rings. The first-order valence-electron chi connectivity index (χ1n) is 14.2. The quantitative estimate of drug-likeness (QED) is 0.126. The van der Waals surface area contributed by atoms with Gasteiger partial charge in [-0.05, 0) is 81.5 Å². The molecule has 1 aliphatic heterocycles. The van der Waals surface area contributed by atoms with Crippen molar-refractivity contribution in [2.24, 2.45) is 35.5 Å². The third-order valence-corrected chi connectivity index (χ3v) is 8.72. The Labute approximate surface area is 222 Å². The van der Waals surface area contributed by atoms with Gasteiger partial charge < -0.3 is 18.9 Å². The lowest BCUT2D eigenvalue weighted by molar-refractivity contribution is -0.177. The number of hydrogen-bond acceptors (Lipinski definition) is 7. The van der Waals surface area contributed by atoms with Crippen LogP contribution in [-0.4, -0.2) is 62.1 Å². The van der Waals surface area contributed by atoms with Crippen molar-refractivity contribution in [3.8, 4) is 0 Å². The van der Waals surface area contributed by atoms with Gasteiger partial charge in [-0.15, -0.1) is 0 Å². The molecule has 0 bridgehead atoms. The van der Waals surface area contributed by atoms with Crippen LogP contribution in [0.4, 0.5) is 0 Å². The molecule has 0 radical (unpaired) electrons. The third-order valence-electron chi connectivity index (χ3n) is 8.72. The molecule has 37 heavy (non-hydrogen) atoms. The highest BCUT2D eigenvalue weighted by Gasteiger charge is 2.49.